The van der Waals surface area contributed by atoms with Crippen molar-refractivity contribution in [2.24, 2.45) is 0 Å². The second-order valence-electron chi connectivity index (χ2n) is 4.26. The molecule has 0 atom stereocenters. The van der Waals surface area contributed by atoms with Crippen LogP contribution >= 0.6 is 11.8 Å². The van der Waals surface area contributed by atoms with Crippen LogP contribution in [0.15, 0.2) is 40.3 Å². The van der Waals surface area contributed by atoms with Gasteiger partial charge in [-0.25, -0.2) is 9.97 Å². The molecule has 3 nitrogen and oxygen atoms in total. The zero-order chi connectivity index (χ0) is 13.7. The summed E-state index contributed by atoms with van der Waals surface area (Å²) < 4.78 is 0. The van der Waals surface area contributed by atoms with Gasteiger partial charge in [-0.1, -0.05) is 36.9 Å². The number of aryl methyl sites for hydroxylation is 2. The summed E-state index contributed by atoms with van der Waals surface area (Å²) in [6, 6.07) is 10.4. The molecule has 0 radical (unpaired) electrons. The number of nitrogens with zero attached hydrogens (tertiary/aromatic N) is 2. The van der Waals surface area contributed by atoms with Crippen molar-refractivity contribution in [3.8, 4) is 0 Å². The van der Waals surface area contributed by atoms with Gasteiger partial charge in [0.05, 0.1) is 0 Å². The molecule has 1 heterocycles. The lowest BCUT2D eigenvalue weighted by Crippen LogP contribution is -2.03. The molecule has 19 heavy (non-hydrogen) atoms. The maximum Gasteiger partial charge on any atom is 0.131 e. The monoisotopic (exact) mass is 273 g/mol. The van der Waals surface area contributed by atoms with Gasteiger partial charge in [0, 0.05) is 23.9 Å². The van der Waals surface area contributed by atoms with Gasteiger partial charge < -0.3 is 5.32 Å². The van der Waals surface area contributed by atoms with Gasteiger partial charge >= 0.3 is 0 Å². The highest BCUT2D eigenvalue weighted by atomic mass is 32.2. The Hall–Kier alpha value is -1.55. The van der Waals surface area contributed by atoms with E-state index in [1.807, 2.05) is 6.07 Å². The van der Waals surface area contributed by atoms with E-state index in [1.165, 1.54) is 10.5 Å². The normalized spacial score (nSPS) is 10.5. The third-order valence-electron chi connectivity index (χ3n) is 2.73. The molecule has 0 amide bonds. The van der Waals surface area contributed by atoms with Crippen molar-refractivity contribution in [1.82, 2.24) is 9.97 Å². The summed E-state index contributed by atoms with van der Waals surface area (Å²) in [5.74, 6) is 1.79. The van der Waals surface area contributed by atoms with E-state index < -0.39 is 0 Å². The summed E-state index contributed by atoms with van der Waals surface area (Å²) in [7, 11) is 0. The molecule has 1 aromatic carbocycles. The van der Waals surface area contributed by atoms with Crippen LogP contribution in [0.5, 0.6) is 0 Å². The fraction of sp³-hybridized carbons (Fsp3) is 0.333. The second-order valence-corrected chi connectivity index (χ2v) is 5.32. The molecule has 0 bridgehead atoms. The Kier molecular flexibility index (Phi) is 4.80. The molecule has 2 aromatic rings. The van der Waals surface area contributed by atoms with E-state index in [4.69, 9.17) is 0 Å². The molecule has 0 unspecified atom stereocenters. The Balaban J connectivity index is 2.29. The lowest BCUT2D eigenvalue weighted by Gasteiger charge is -2.09. The molecule has 0 fully saturated rings. The minimum atomic E-state index is 0.848. The third-order valence-corrected chi connectivity index (χ3v) is 3.83. The largest absolute Gasteiger partial charge is 0.370 e. The highest BCUT2D eigenvalue weighted by Gasteiger charge is 2.06. The van der Waals surface area contributed by atoms with Crippen LogP contribution in [0.3, 0.4) is 0 Å². The number of rotatable bonds is 5. The molecule has 0 aliphatic heterocycles. The van der Waals surface area contributed by atoms with Crippen molar-refractivity contribution in [1.29, 1.82) is 0 Å². The van der Waals surface area contributed by atoms with Crippen molar-refractivity contribution in [3.63, 3.8) is 0 Å². The molecule has 2 rings (SSSR count). The Bertz CT molecular complexity index is 555. The first-order valence-electron chi connectivity index (χ1n) is 6.58. The predicted molar refractivity (Wildman–Crippen MR) is 80.9 cm³/mol. The maximum atomic E-state index is 4.58. The van der Waals surface area contributed by atoms with E-state index >= 15 is 0 Å². The van der Waals surface area contributed by atoms with Crippen LogP contribution in [0.1, 0.15) is 25.2 Å². The first-order valence-corrected chi connectivity index (χ1v) is 7.40. The van der Waals surface area contributed by atoms with Crippen LogP contribution in [-0.4, -0.2) is 16.5 Å². The van der Waals surface area contributed by atoms with E-state index in [0.717, 1.165) is 29.6 Å². The van der Waals surface area contributed by atoms with Crippen LogP contribution in [0, 0.1) is 6.92 Å². The molecule has 0 spiro atoms. The SMILES string of the molecule is CCNc1cc(Sc2ccccc2C)nc(CC)n1. The van der Waals surface area contributed by atoms with Gasteiger partial charge in [-0.2, -0.15) is 0 Å². The summed E-state index contributed by atoms with van der Waals surface area (Å²) in [5, 5.41) is 4.26. The molecule has 0 aliphatic rings. The van der Waals surface area contributed by atoms with Gasteiger partial charge in [-0.3, -0.25) is 0 Å². The molecular weight excluding hydrogens is 254 g/mol. The van der Waals surface area contributed by atoms with Gasteiger partial charge in [0.2, 0.25) is 0 Å². The number of nitrogens with one attached hydrogen (secondary N) is 1. The number of hydrogen-bond donors (Lipinski definition) is 1. The van der Waals surface area contributed by atoms with Crippen LogP contribution in [0.4, 0.5) is 5.82 Å². The van der Waals surface area contributed by atoms with Gasteiger partial charge in [-0.05, 0) is 25.5 Å². The minimum Gasteiger partial charge on any atom is -0.370 e. The minimum absolute atomic E-state index is 0.848. The highest BCUT2D eigenvalue weighted by molar-refractivity contribution is 7.99. The van der Waals surface area contributed by atoms with Crippen molar-refractivity contribution >= 4 is 17.6 Å². The lowest BCUT2D eigenvalue weighted by atomic mass is 10.2. The van der Waals surface area contributed by atoms with Gasteiger partial charge in [0.25, 0.3) is 0 Å². The number of benzene rings is 1. The van der Waals surface area contributed by atoms with E-state index in [1.54, 1.807) is 11.8 Å². The van der Waals surface area contributed by atoms with E-state index in [2.05, 4.69) is 60.3 Å². The van der Waals surface area contributed by atoms with E-state index in [-0.39, 0.29) is 0 Å². The van der Waals surface area contributed by atoms with Gasteiger partial charge in [-0.15, -0.1) is 0 Å². The summed E-state index contributed by atoms with van der Waals surface area (Å²) in [5.41, 5.74) is 1.27. The summed E-state index contributed by atoms with van der Waals surface area (Å²) in [4.78, 5) is 10.3. The van der Waals surface area contributed by atoms with Crippen LogP contribution in [0.25, 0.3) is 0 Å². The van der Waals surface area contributed by atoms with Crippen LogP contribution < -0.4 is 5.32 Å². The zero-order valence-electron chi connectivity index (χ0n) is 11.6. The van der Waals surface area contributed by atoms with E-state index in [0.29, 0.717) is 0 Å². The van der Waals surface area contributed by atoms with Crippen LogP contribution in [0.2, 0.25) is 0 Å². The molecule has 100 valence electrons. The van der Waals surface area contributed by atoms with Gasteiger partial charge in [0.15, 0.2) is 0 Å². The Morgan fingerprint density at radius 3 is 2.63 bits per heavy atom. The first kappa shape index (κ1) is 13.9. The number of hydrogen-bond acceptors (Lipinski definition) is 4. The highest BCUT2D eigenvalue weighted by Crippen LogP contribution is 2.29. The Labute approximate surface area is 118 Å². The number of anilines is 1. The average Bonchev–Trinajstić information content (AvgIpc) is 2.41. The summed E-state index contributed by atoms with van der Waals surface area (Å²) in [6.07, 6.45) is 0.848. The molecule has 0 aliphatic carbocycles. The second kappa shape index (κ2) is 6.57. The van der Waals surface area contributed by atoms with Crippen molar-refractivity contribution in [2.45, 2.75) is 37.1 Å². The predicted octanol–water partition coefficient (Wildman–Crippen LogP) is 3.93. The van der Waals surface area contributed by atoms with E-state index in [9.17, 15) is 0 Å². The topological polar surface area (TPSA) is 37.8 Å². The van der Waals surface area contributed by atoms with Crippen molar-refractivity contribution in [2.75, 3.05) is 11.9 Å². The summed E-state index contributed by atoms with van der Waals surface area (Å²) in [6.45, 7) is 7.14. The fourth-order valence-electron chi connectivity index (χ4n) is 1.74. The molecule has 0 saturated carbocycles. The standard InChI is InChI=1S/C15H19N3S/c1-4-13-17-14(16-5-2)10-15(18-13)19-12-9-7-6-8-11(12)3/h6-10H,4-5H2,1-3H3,(H,16,17,18). The average molecular weight is 273 g/mol. The molecule has 1 aromatic heterocycles. The first-order chi connectivity index (χ1) is 9.22. The van der Waals surface area contributed by atoms with Gasteiger partial charge in [0.1, 0.15) is 16.7 Å². The fourth-order valence-corrected chi connectivity index (χ4v) is 2.66. The molecule has 1 N–H and O–H groups in total. The molecular formula is C15H19N3S. The number of aromatic nitrogens is 2. The third kappa shape index (κ3) is 3.70. The molecule has 0 saturated heterocycles. The maximum absolute atomic E-state index is 4.58. The Morgan fingerprint density at radius 1 is 1.16 bits per heavy atom. The van der Waals surface area contributed by atoms with Crippen molar-refractivity contribution in [3.05, 3.63) is 41.7 Å². The van der Waals surface area contributed by atoms with Crippen LogP contribution in [-0.2, 0) is 6.42 Å². The smallest absolute Gasteiger partial charge is 0.131 e. The Morgan fingerprint density at radius 2 is 1.95 bits per heavy atom. The molecule has 4 heteroatoms. The quantitative estimate of drug-likeness (QED) is 0.838. The summed E-state index contributed by atoms with van der Waals surface area (Å²) >= 11 is 1.69. The van der Waals surface area contributed by atoms with Crippen molar-refractivity contribution < 1.29 is 0 Å². The lowest BCUT2D eigenvalue weighted by molar-refractivity contribution is 0.887. The zero-order valence-corrected chi connectivity index (χ0v) is 12.4.